The molecule has 8 heteroatoms. The fourth-order valence-electron chi connectivity index (χ4n) is 2.64. The summed E-state index contributed by atoms with van der Waals surface area (Å²) in [5, 5.41) is 3.11. The number of amides is 1. The van der Waals surface area contributed by atoms with Crippen molar-refractivity contribution >= 4 is 32.5 Å². The number of anilines is 1. The zero-order valence-electron chi connectivity index (χ0n) is 15.0. The molecule has 1 amide bonds. The second-order valence-corrected chi connectivity index (χ2v) is 8.39. The van der Waals surface area contributed by atoms with Crippen LogP contribution < -0.4 is 5.32 Å². The van der Waals surface area contributed by atoms with E-state index in [-0.39, 0.29) is 4.90 Å². The van der Waals surface area contributed by atoms with Gasteiger partial charge in [-0.2, -0.15) is 0 Å². The molecule has 3 aromatic rings. The summed E-state index contributed by atoms with van der Waals surface area (Å²) in [6, 6.07) is 11.5. The molecule has 1 heterocycles. The monoisotopic (exact) mass is 387 g/mol. The summed E-state index contributed by atoms with van der Waals surface area (Å²) < 4.78 is 38.9. The highest BCUT2D eigenvalue weighted by molar-refractivity contribution is 7.89. The van der Waals surface area contributed by atoms with Gasteiger partial charge in [0, 0.05) is 30.9 Å². The Morgan fingerprint density at radius 3 is 2.37 bits per heavy atom. The minimum Gasteiger partial charge on any atom is -0.322 e. The van der Waals surface area contributed by atoms with Crippen molar-refractivity contribution < 1.29 is 17.6 Å². The van der Waals surface area contributed by atoms with Gasteiger partial charge in [0.1, 0.15) is 5.82 Å². The molecule has 0 saturated carbocycles. The number of sulfonamides is 1. The van der Waals surface area contributed by atoms with E-state index in [4.69, 9.17) is 0 Å². The van der Waals surface area contributed by atoms with Crippen molar-refractivity contribution in [3.05, 3.63) is 65.6 Å². The van der Waals surface area contributed by atoms with Gasteiger partial charge in [0.15, 0.2) is 0 Å². The van der Waals surface area contributed by atoms with Gasteiger partial charge in [-0.25, -0.2) is 17.1 Å². The summed E-state index contributed by atoms with van der Waals surface area (Å²) in [6.45, 7) is 1.75. The predicted molar refractivity (Wildman–Crippen MR) is 102 cm³/mol. The highest BCUT2D eigenvalue weighted by Gasteiger charge is 2.17. The molecule has 0 aliphatic carbocycles. The summed E-state index contributed by atoms with van der Waals surface area (Å²) in [7, 11) is -0.652. The van der Waals surface area contributed by atoms with Gasteiger partial charge >= 0.3 is 0 Å². The number of fused-ring (bicyclic) bond motifs is 1. The van der Waals surface area contributed by atoms with Crippen LogP contribution in [0.1, 0.15) is 16.1 Å². The van der Waals surface area contributed by atoms with E-state index in [9.17, 15) is 17.6 Å². The minimum atomic E-state index is -3.54. The molecular formula is C19H18FN3O3S. The van der Waals surface area contributed by atoms with Gasteiger partial charge in [-0.15, -0.1) is 0 Å². The quantitative estimate of drug-likeness (QED) is 0.746. The van der Waals surface area contributed by atoms with Crippen LogP contribution in [0.25, 0.3) is 10.9 Å². The number of hydrogen-bond donors (Lipinski definition) is 1. The summed E-state index contributed by atoms with van der Waals surface area (Å²) in [5.41, 5.74) is 1.87. The Morgan fingerprint density at radius 2 is 1.74 bits per heavy atom. The number of halogens is 1. The van der Waals surface area contributed by atoms with Gasteiger partial charge in [0.25, 0.3) is 5.91 Å². The van der Waals surface area contributed by atoms with Crippen LogP contribution in [-0.2, 0) is 10.0 Å². The van der Waals surface area contributed by atoms with E-state index in [1.54, 1.807) is 13.0 Å². The second kappa shape index (κ2) is 7.05. The lowest BCUT2D eigenvalue weighted by Crippen LogP contribution is -2.22. The summed E-state index contributed by atoms with van der Waals surface area (Å²) in [4.78, 5) is 17.1. The summed E-state index contributed by atoms with van der Waals surface area (Å²) in [5.74, 6) is -0.889. The maximum atomic E-state index is 13.6. The van der Waals surface area contributed by atoms with Crippen molar-refractivity contribution in [1.82, 2.24) is 9.29 Å². The maximum absolute atomic E-state index is 13.6. The number of carbonyl (C=O) groups is 1. The third-order valence-electron chi connectivity index (χ3n) is 4.03. The lowest BCUT2D eigenvalue weighted by Gasteiger charge is -2.12. The molecule has 0 fully saturated rings. The van der Waals surface area contributed by atoms with Crippen LogP contribution in [0, 0.1) is 12.7 Å². The minimum absolute atomic E-state index is 0.123. The zero-order valence-corrected chi connectivity index (χ0v) is 15.8. The fourth-order valence-corrected chi connectivity index (χ4v) is 3.54. The maximum Gasteiger partial charge on any atom is 0.256 e. The molecule has 3 rings (SSSR count). The molecule has 0 atom stereocenters. The Labute approximate surface area is 156 Å². The number of benzene rings is 2. The average molecular weight is 387 g/mol. The summed E-state index contributed by atoms with van der Waals surface area (Å²) in [6.07, 6.45) is 0. The molecule has 0 saturated heterocycles. The SMILES string of the molecule is Cc1cc(C(=O)Nc2ccc(S(=O)(=O)N(C)C)cc2)c2cc(F)ccc2n1. The lowest BCUT2D eigenvalue weighted by molar-refractivity contribution is 0.102. The Hall–Kier alpha value is -2.84. The van der Waals surface area contributed by atoms with E-state index in [1.165, 1.54) is 56.6 Å². The molecule has 0 aliphatic rings. The van der Waals surface area contributed by atoms with Crippen molar-refractivity contribution in [3.63, 3.8) is 0 Å². The molecule has 0 bridgehead atoms. The van der Waals surface area contributed by atoms with Gasteiger partial charge in [-0.05, 0) is 55.5 Å². The van der Waals surface area contributed by atoms with Gasteiger partial charge in [-0.3, -0.25) is 9.78 Å². The van der Waals surface area contributed by atoms with Crippen LogP contribution in [0.2, 0.25) is 0 Å². The van der Waals surface area contributed by atoms with Gasteiger partial charge < -0.3 is 5.32 Å². The van der Waals surface area contributed by atoms with Crippen molar-refractivity contribution in [2.45, 2.75) is 11.8 Å². The van der Waals surface area contributed by atoms with Crippen LogP contribution in [-0.4, -0.2) is 37.7 Å². The number of rotatable bonds is 4. The molecule has 2 aromatic carbocycles. The molecule has 1 N–H and O–H groups in total. The Kier molecular flexibility index (Phi) is 4.95. The predicted octanol–water partition coefficient (Wildman–Crippen LogP) is 3.18. The first-order valence-corrected chi connectivity index (χ1v) is 9.53. The molecular weight excluding hydrogens is 369 g/mol. The first-order valence-electron chi connectivity index (χ1n) is 8.09. The molecule has 0 radical (unpaired) electrons. The topological polar surface area (TPSA) is 79.4 Å². The molecule has 6 nitrogen and oxygen atoms in total. The van der Waals surface area contributed by atoms with Crippen molar-refractivity contribution in [2.24, 2.45) is 0 Å². The molecule has 27 heavy (non-hydrogen) atoms. The highest BCUT2D eigenvalue weighted by Crippen LogP contribution is 2.22. The number of aromatic nitrogens is 1. The van der Waals surface area contributed by atoms with Crippen LogP contribution in [0.5, 0.6) is 0 Å². The molecule has 1 aromatic heterocycles. The molecule has 0 aliphatic heterocycles. The summed E-state index contributed by atoms with van der Waals surface area (Å²) >= 11 is 0. The van der Waals surface area contributed by atoms with Crippen LogP contribution in [0.4, 0.5) is 10.1 Å². The van der Waals surface area contributed by atoms with E-state index in [1.807, 2.05) is 0 Å². The van der Waals surface area contributed by atoms with Crippen LogP contribution in [0.3, 0.4) is 0 Å². The van der Waals surface area contributed by atoms with Gasteiger partial charge in [-0.1, -0.05) is 0 Å². The fraction of sp³-hybridized carbons (Fsp3) is 0.158. The third kappa shape index (κ3) is 3.81. The highest BCUT2D eigenvalue weighted by atomic mass is 32.2. The Morgan fingerprint density at radius 1 is 1.07 bits per heavy atom. The van der Waals surface area contributed by atoms with Crippen LogP contribution >= 0.6 is 0 Å². The van der Waals surface area contributed by atoms with E-state index >= 15 is 0 Å². The van der Waals surface area contributed by atoms with Crippen molar-refractivity contribution in [3.8, 4) is 0 Å². The van der Waals surface area contributed by atoms with Crippen LogP contribution in [0.15, 0.2) is 53.4 Å². The number of nitrogens with zero attached hydrogens (tertiary/aromatic N) is 2. The largest absolute Gasteiger partial charge is 0.322 e. The first kappa shape index (κ1) is 18.9. The van der Waals surface area contributed by atoms with E-state index in [2.05, 4.69) is 10.3 Å². The molecule has 140 valence electrons. The normalized spacial score (nSPS) is 11.7. The third-order valence-corrected chi connectivity index (χ3v) is 5.86. The zero-order chi connectivity index (χ0) is 19.8. The molecule has 0 unspecified atom stereocenters. The first-order chi connectivity index (χ1) is 12.7. The van der Waals surface area contributed by atoms with Crippen molar-refractivity contribution in [2.75, 3.05) is 19.4 Å². The number of nitrogens with one attached hydrogen (secondary N) is 1. The molecule has 0 spiro atoms. The standard InChI is InChI=1S/C19H18FN3O3S/c1-12-10-17(16-11-13(20)4-9-18(16)21-12)19(24)22-14-5-7-15(8-6-14)27(25,26)23(2)3/h4-11H,1-3H3,(H,22,24). The van der Waals surface area contributed by atoms with E-state index in [0.717, 1.165) is 4.31 Å². The smallest absolute Gasteiger partial charge is 0.256 e. The van der Waals surface area contributed by atoms with E-state index < -0.39 is 21.7 Å². The number of carbonyl (C=O) groups excluding carboxylic acids is 1. The van der Waals surface area contributed by atoms with Crippen molar-refractivity contribution in [1.29, 1.82) is 0 Å². The van der Waals surface area contributed by atoms with Gasteiger partial charge in [0.2, 0.25) is 10.0 Å². The average Bonchev–Trinajstić information content (AvgIpc) is 2.61. The second-order valence-electron chi connectivity index (χ2n) is 6.24. The number of aryl methyl sites for hydroxylation is 1. The Bertz CT molecular complexity index is 1130. The number of pyridine rings is 1. The lowest BCUT2D eigenvalue weighted by atomic mass is 10.1. The number of hydrogen-bond acceptors (Lipinski definition) is 4. The van der Waals surface area contributed by atoms with Gasteiger partial charge in [0.05, 0.1) is 16.0 Å². The Balaban J connectivity index is 1.92. The van der Waals surface area contributed by atoms with E-state index in [0.29, 0.717) is 27.8 Å².